The fourth-order valence-corrected chi connectivity index (χ4v) is 3.40. The van der Waals surface area contributed by atoms with Crippen LogP contribution in [0.3, 0.4) is 0 Å². The number of aryl methyl sites for hydroxylation is 1. The zero-order valence-electron chi connectivity index (χ0n) is 16.3. The summed E-state index contributed by atoms with van der Waals surface area (Å²) in [5, 5.41) is 9.40. The number of halogens is 2. The van der Waals surface area contributed by atoms with Crippen LogP contribution in [0, 0.1) is 11.6 Å². The average Bonchev–Trinajstić information content (AvgIpc) is 3.22. The molecule has 2 aromatic carbocycles. The van der Waals surface area contributed by atoms with Crippen LogP contribution in [-0.4, -0.2) is 16.1 Å². The van der Waals surface area contributed by atoms with E-state index >= 15 is 0 Å². The van der Waals surface area contributed by atoms with E-state index in [1.807, 2.05) is 24.3 Å². The van der Waals surface area contributed by atoms with Crippen molar-refractivity contribution in [3.8, 4) is 22.8 Å². The summed E-state index contributed by atoms with van der Waals surface area (Å²) in [6, 6.07) is 14.3. The number of pyridine rings is 1. The van der Waals surface area contributed by atoms with E-state index in [2.05, 4.69) is 11.9 Å². The third-order valence-electron chi connectivity index (χ3n) is 4.98. The van der Waals surface area contributed by atoms with Crippen molar-refractivity contribution in [2.24, 2.45) is 0 Å². The first kappa shape index (κ1) is 19.8. The van der Waals surface area contributed by atoms with Crippen molar-refractivity contribution >= 4 is 16.9 Å². The first-order chi connectivity index (χ1) is 14.5. The van der Waals surface area contributed by atoms with Gasteiger partial charge in [-0.25, -0.2) is 18.6 Å². The second-order valence-electron chi connectivity index (χ2n) is 7.11. The minimum Gasteiger partial charge on any atom is -0.478 e. The number of carboxylic acids is 1. The second-order valence-corrected chi connectivity index (χ2v) is 7.11. The molecule has 6 heteroatoms. The Hall–Kier alpha value is -3.54. The van der Waals surface area contributed by atoms with Gasteiger partial charge >= 0.3 is 5.97 Å². The van der Waals surface area contributed by atoms with Gasteiger partial charge < -0.3 is 9.52 Å². The van der Waals surface area contributed by atoms with E-state index in [1.54, 1.807) is 12.1 Å². The lowest BCUT2D eigenvalue weighted by molar-refractivity contribution is 0.0699. The molecule has 0 unspecified atom stereocenters. The molecule has 1 N–H and O–H groups in total. The summed E-state index contributed by atoms with van der Waals surface area (Å²) in [7, 11) is 0. The summed E-state index contributed by atoms with van der Waals surface area (Å²) in [6.07, 6.45) is 3.28. The van der Waals surface area contributed by atoms with Crippen LogP contribution in [0.1, 0.15) is 35.7 Å². The van der Waals surface area contributed by atoms with Gasteiger partial charge in [-0.1, -0.05) is 37.6 Å². The van der Waals surface area contributed by atoms with Crippen LogP contribution in [-0.2, 0) is 6.42 Å². The number of fused-ring (bicyclic) bond motifs is 1. The topological polar surface area (TPSA) is 63.3 Å². The molecule has 0 bridgehead atoms. The van der Waals surface area contributed by atoms with Gasteiger partial charge in [-0.2, -0.15) is 0 Å². The summed E-state index contributed by atoms with van der Waals surface area (Å²) >= 11 is 0. The molecule has 2 heterocycles. The Bertz CT molecular complexity index is 1230. The first-order valence-electron chi connectivity index (χ1n) is 9.69. The molecule has 0 aliphatic carbocycles. The SMILES string of the molecule is CCCCc1ccc(-c2ccc(-c3cc(C(=O)O)c4cc(F)cc(F)c4n3)o2)cc1. The van der Waals surface area contributed by atoms with Crippen molar-refractivity contribution in [1.29, 1.82) is 0 Å². The van der Waals surface area contributed by atoms with E-state index in [9.17, 15) is 18.7 Å². The molecule has 0 aliphatic heterocycles. The molecule has 4 rings (SSSR count). The summed E-state index contributed by atoms with van der Waals surface area (Å²) in [5.41, 5.74) is 1.82. The lowest BCUT2D eigenvalue weighted by Gasteiger charge is -2.07. The van der Waals surface area contributed by atoms with Gasteiger partial charge in [0.15, 0.2) is 11.6 Å². The molecule has 0 spiro atoms. The molecule has 4 nitrogen and oxygen atoms in total. The molecule has 0 aliphatic rings. The van der Waals surface area contributed by atoms with E-state index in [1.165, 1.54) is 11.6 Å². The monoisotopic (exact) mass is 407 g/mol. The highest BCUT2D eigenvalue weighted by atomic mass is 19.1. The van der Waals surface area contributed by atoms with Gasteiger partial charge in [-0.05, 0) is 42.7 Å². The average molecular weight is 407 g/mol. The van der Waals surface area contributed by atoms with Crippen LogP contribution in [0.25, 0.3) is 33.7 Å². The van der Waals surface area contributed by atoms with Crippen LogP contribution in [0.15, 0.2) is 59.0 Å². The quantitative estimate of drug-likeness (QED) is 0.397. The van der Waals surface area contributed by atoms with Gasteiger partial charge in [0, 0.05) is 17.0 Å². The number of carboxylic acid groups (broad SMARTS) is 1. The van der Waals surface area contributed by atoms with Crippen molar-refractivity contribution in [1.82, 2.24) is 4.98 Å². The number of hydrogen-bond donors (Lipinski definition) is 1. The van der Waals surface area contributed by atoms with Gasteiger partial charge in [0.25, 0.3) is 0 Å². The lowest BCUT2D eigenvalue weighted by atomic mass is 10.1. The van der Waals surface area contributed by atoms with E-state index in [4.69, 9.17) is 4.42 Å². The number of benzene rings is 2. The highest BCUT2D eigenvalue weighted by molar-refractivity contribution is 6.03. The number of hydrogen-bond acceptors (Lipinski definition) is 3. The molecule has 0 fully saturated rings. The minimum atomic E-state index is -1.30. The Morgan fingerprint density at radius 3 is 2.47 bits per heavy atom. The number of aromatic nitrogens is 1. The number of aromatic carboxylic acids is 1. The Balaban J connectivity index is 1.73. The lowest BCUT2D eigenvalue weighted by Crippen LogP contribution is -2.02. The summed E-state index contributed by atoms with van der Waals surface area (Å²) in [4.78, 5) is 15.8. The zero-order valence-corrected chi connectivity index (χ0v) is 16.3. The minimum absolute atomic E-state index is 0.0989. The Kier molecular flexibility index (Phi) is 5.31. The van der Waals surface area contributed by atoms with Crippen molar-refractivity contribution in [2.75, 3.05) is 0 Å². The van der Waals surface area contributed by atoms with Crippen LogP contribution < -0.4 is 0 Å². The maximum atomic E-state index is 14.3. The van der Waals surface area contributed by atoms with Gasteiger partial charge in [-0.15, -0.1) is 0 Å². The van der Waals surface area contributed by atoms with E-state index in [0.717, 1.165) is 30.9 Å². The maximum absolute atomic E-state index is 14.3. The number of furan rings is 1. The largest absolute Gasteiger partial charge is 0.478 e. The number of nitrogens with zero attached hydrogens (tertiary/aromatic N) is 1. The van der Waals surface area contributed by atoms with Gasteiger partial charge in [0.2, 0.25) is 0 Å². The fraction of sp³-hybridized carbons (Fsp3) is 0.167. The zero-order chi connectivity index (χ0) is 21.3. The molecule has 30 heavy (non-hydrogen) atoms. The second kappa shape index (κ2) is 8.06. The van der Waals surface area contributed by atoms with Gasteiger partial charge in [-0.3, -0.25) is 0 Å². The third-order valence-corrected chi connectivity index (χ3v) is 4.98. The third kappa shape index (κ3) is 3.81. The molecule has 4 aromatic rings. The van der Waals surface area contributed by atoms with Crippen molar-refractivity contribution < 1.29 is 23.1 Å². The molecule has 0 radical (unpaired) electrons. The van der Waals surface area contributed by atoms with Crippen LogP contribution >= 0.6 is 0 Å². The molecular formula is C24H19F2NO3. The fourth-order valence-electron chi connectivity index (χ4n) is 3.40. The van der Waals surface area contributed by atoms with Crippen molar-refractivity contribution in [2.45, 2.75) is 26.2 Å². The van der Waals surface area contributed by atoms with Crippen LogP contribution in [0.4, 0.5) is 8.78 Å². The normalized spacial score (nSPS) is 11.2. The summed E-state index contributed by atoms with van der Waals surface area (Å²) in [6.45, 7) is 2.15. The van der Waals surface area contributed by atoms with E-state index in [-0.39, 0.29) is 22.2 Å². The molecule has 2 aromatic heterocycles. The molecular weight excluding hydrogens is 388 g/mol. The maximum Gasteiger partial charge on any atom is 0.336 e. The van der Waals surface area contributed by atoms with E-state index < -0.39 is 17.6 Å². The highest BCUT2D eigenvalue weighted by Gasteiger charge is 2.18. The first-order valence-corrected chi connectivity index (χ1v) is 9.69. The molecule has 0 atom stereocenters. The van der Waals surface area contributed by atoms with Crippen LogP contribution in [0.5, 0.6) is 0 Å². The Morgan fingerprint density at radius 1 is 1.03 bits per heavy atom. The standard InChI is InChI=1S/C24H19F2NO3/c1-2-3-4-14-5-7-15(8-6-14)21-9-10-22(30-21)20-13-18(24(28)29)17-11-16(25)12-19(26)23(17)27-20/h5-13H,2-4H2,1H3,(H,28,29). The van der Waals surface area contributed by atoms with E-state index in [0.29, 0.717) is 17.6 Å². The van der Waals surface area contributed by atoms with Gasteiger partial charge in [0.05, 0.1) is 5.56 Å². The predicted molar refractivity (Wildman–Crippen MR) is 110 cm³/mol. The van der Waals surface area contributed by atoms with Crippen molar-refractivity contribution in [3.05, 3.63) is 77.4 Å². The predicted octanol–water partition coefficient (Wildman–Crippen LogP) is 6.48. The Morgan fingerprint density at radius 2 is 1.77 bits per heavy atom. The van der Waals surface area contributed by atoms with Crippen molar-refractivity contribution in [3.63, 3.8) is 0 Å². The smallest absolute Gasteiger partial charge is 0.336 e. The number of rotatable bonds is 6. The summed E-state index contributed by atoms with van der Waals surface area (Å²) in [5.74, 6) is -2.20. The molecule has 0 saturated heterocycles. The molecule has 0 saturated carbocycles. The van der Waals surface area contributed by atoms with Crippen LogP contribution in [0.2, 0.25) is 0 Å². The Labute approximate surface area is 171 Å². The molecule has 152 valence electrons. The highest BCUT2D eigenvalue weighted by Crippen LogP contribution is 2.31. The summed E-state index contributed by atoms with van der Waals surface area (Å²) < 4.78 is 33.7. The number of unbranched alkanes of at least 4 members (excludes halogenated alkanes) is 1. The molecule has 0 amide bonds. The number of carbonyl (C=O) groups is 1. The van der Waals surface area contributed by atoms with Gasteiger partial charge in [0.1, 0.15) is 22.8 Å².